The van der Waals surface area contributed by atoms with Crippen LogP contribution in [-0.2, 0) is 0 Å². The van der Waals surface area contributed by atoms with Crippen molar-refractivity contribution in [2.24, 2.45) is 0 Å². The topological polar surface area (TPSA) is 82.7 Å². The van der Waals surface area contributed by atoms with Crippen molar-refractivity contribution in [1.29, 1.82) is 0 Å². The maximum atomic E-state index is 11.9. The van der Waals surface area contributed by atoms with Crippen LogP contribution in [0.3, 0.4) is 0 Å². The molecule has 7 nitrogen and oxygen atoms in total. The summed E-state index contributed by atoms with van der Waals surface area (Å²) in [6.07, 6.45) is 0. The van der Waals surface area contributed by atoms with Crippen LogP contribution >= 0.6 is 0 Å². The first-order valence-corrected chi connectivity index (χ1v) is 7.85. The van der Waals surface area contributed by atoms with Gasteiger partial charge in [0.15, 0.2) is 0 Å². The van der Waals surface area contributed by atoms with Crippen LogP contribution in [0.25, 0.3) is 0 Å². The molecule has 0 saturated carbocycles. The lowest BCUT2D eigenvalue weighted by Gasteiger charge is -2.13. The minimum Gasteiger partial charge on any atom is -0.492 e. The van der Waals surface area contributed by atoms with E-state index in [-0.39, 0.29) is 12.1 Å². The Bertz CT molecular complexity index is 704. The molecule has 2 aromatic rings. The van der Waals surface area contributed by atoms with Crippen molar-refractivity contribution in [3.63, 3.8) is 0 Å². The molecule has 0 aromatic heterocycles. The molecule has 2 aromatic carbocycles. The molecule has 4 amide bonds. The van der Waals surface area contributed by atoms with Gasteiger partial charge in [0.25, 0.3) is 0 Å². The van der Waals surface area contributed by atoms with Gasteiger partial charge in [0, 0.05) is 25.5 Å². The van der Waals surface area contributed by atoms with E-state index in [4.69, 9.17) is 4.74 Å². The van der Waals surface area contributed by atoms with E-state index in [1.54, 1.807) is 38.4 Å². The predicted octanol–water partition coefficient (Wildman–Crippen LogP) is 2.98. The maximum Gasteiger partial charge on any atom is 0.321 e. The number of hydrogen-bond donors (Lipinski definition) is 3. The van der Waals surface area contributed by atoms with E-state index in [1.807, 2.05) is 30.3 Å². The van der Waals surface area contributed by atoms with E-state index in [2.05, 4.69) is 16.0 Å². The Morgan fingerprint density at radius 2 is 1.64 bits per heavy atom. The van der Waals surface area contributed by atoms with E-state index < -0.39 is 0 Å². The van der Waals surface area contributed by atoms with Gasteiger partial charge in [-0.15, -0.1) is 0 Å². The number of ether oxygens (including phenoxy) is 1. The van der Waals surface area contributed by atoms with E-state index in [1.165, 1.54) is 4.90 Å². The zero-order valence-corrected chi connectivity index (χ0v) is 14.3. The lowest BCUT2D eigenvalue weighted by molar-refractivity contribution is 0.230. The Kier molecular flexibility index (Phi) is 6.65. The van der Waals surface area contributed by atoms with Gasteiger partial charge >= 0.3 is 12.1 Å². The number of para-hydroxylation sites is 1. The number of anilines is 2. The molecule has 0 fully saturated rings. The highest BCUT2D eigenvalue weighted by atomic mass is 16.5. The summed E-state index contributed by atoms with van der Waals surface area (Å²) in [4.78, 5) is 25.0. The van der Waals surface area contributed by atoms with Crippen molar-refractivity contribution in [2.75, 3.05) is 37.9 Å². The minimum absolute atomic E-state index is 0.236. The second-order valence-corrected chi connectivity index (χ2v) is 5.45. The minimum atomic E-state index is -0.340. The van der Waals surface area contributed by atoms with E-state index >= 15 is 0 Å². The van der Waals surface area contributed by atoms with Gasteiger partial charge < -0.3 is 25.6 Å². The number of rotatable bonds is 6. The molecule has 0 spiro atoms. The van der Waals surface area contributed by atoms with Crippen LogP contribution in [0.1, 0.15) is 0 Å². The quantitative estimate of drug-likeness (QED) is 0.706. The van der Waals surface area contributed by atoms with Crippen LogP contribution in [0.4, 0.5) is 21.0 Å². The number of hydrogen-bond acceptors (Lipinski definition) is 3. The molecule has 2 rings (SSSR count). The van der Waals surface area contributed by atoms with Gasteiger partial charge in [-0.05, 0) is 30.3 Å². The van der Waals surface area contributed by atoms with Crippen molar-refractivity contribution in [1.82, 2.24) is 10.2 Å². The fourth-order valence-electron chi connectivity index (χ4n) is 1.94. The average molecular weight is 342 g/mol. The highest BCUT2D eigenvalue weighted by molar-refractivity contribution is 5.92. The number of nitrogens with zero attached hydrogens (tertiary/aromatic N) is 1. The van der Waals surface area contributed by atoms with Crippen LogP contribution < -0.4 is 20.7 Å². The van der Waals surface area contributed by atoms with Crippen molar-refractivity contribution >= 4 is 23.4 Å². The lowest BCUT2D eigenvalue weighted by atomic mass is 10.3. The number of benzene rings is 2. The molecule has 0 aliphatic carbocycles. The first-order valence-electron chi connectivity index (χ1n) is 7.85. The van der Waals surface area contributed by atoms with E-state index in [0.29, 0.717) is 24.5 Å². The molecule has 0 bridgehead atoms. The molecule has 0 radical (unpaired) electrons. The summed E-state index contributed by atoms with van der Waals surface area (Å²) in [5, 5.41) is 8.14. The SMILES string of the molecule is CN(C)C(=O)Nc1cccc(NC(=O)NCCOc2ccccc2)c1. The fraction of sp³-hybridized carbons (Fsp3) is 0.222. The molecular formula is C18H22N4O3. The normalized spacial score (nSPS) is 9.84. The van der Waals surface area contributed by atoms with Crippen molar-refractivity contribution in [3.05, 3.63) is 54.6 Å². The molecule has 0 unspecified atom stereocenters. The molecule has 25 heavy (non-hydrogen) atoms. The van der Waals surface area contributed by atoms with E-state index in [0.717, 1.165) is 5.75 Å². The van der Waals surface area contributed by atoms with Crippen molar-refractivity contribution < 1.29 is 14.3 Å². The molecule has 3 N–H and O–H groups in total. The largest absolute Gasteiger partial charge is 0.492 e. The molecule has 7 heteroatoms. The van der Waals surface area contributed by atoms with Gasteiger partial charge in [-0.2, -0.15) is 0 Å². The second-order valence-electron chi connectivity index (χ2n) is 5.45. The summed E-state index contributed by atoms with van der Waals surface area (Å²) in [5.74, 6) is 0.758. The van der Waals surface area contributed by atoms with Crippen LogP contribution in [-0.4, -0.2) is 44.2 Å². The van der Waals surface area contributed by atoms with Gasteiger partial charge in [0.1, 0.15) is 12.4 Å². The Morgan fingerprint density at radius 1 is 0.960 bits per heavy atom. The first-order chi connectivity index (χ1) is 12.0. The van der Waals surface area contributed by atoms with E-state index in [9.17, 15) is 9.59 Å². The van der Waals surface area contributed by atoms with Crippen LogP contribution in [0.2, 0.25) is 0 Å². The number of carbonyl (C=O) groups is 2. The molecule has 0 aliphatic rings. The Hall–Kier alpha value is -3.22. The summed E-state index contributed by atoms with van der Waals surface area (Å²) in [7, 11) is 3.31. The second kappa shape index (κ2) is 9.17. The standard InChI is InChI=1S/C18H22N4O3/c1-22(2)18(24)21-15-8-6-7-14(13-15)20-17(23)19-11-12-25-16-9-4-3-5-10-16/h3-10,13H,11-12H2,1-2H3,(H,21,24)(H2,19,20,23). The van der Waals surface area contributed by atoms with Gasteiger partial charge in [0.2, 0.25) is 0 Å². The Morgan fingerprint density at radius 3 is 2.32 bits per heavy atom. The molecule has 0 aliphatic heterocycles. The third-order valence-corrected chi connectivity index (χ3v) is 3.18. The van der Waals surface area contributed by atoms with Gasteiger partial charge in [-0.3, -0.25) is 0 Å². The smallest absolute Gasteiger partial charge is 0.321 e. The number of urea groups is 2. The predicted molar refractivity (Wildman–Crippen MR) is 98.1 cm³/mol. The third kappa shape index (κ3) is 6.42. The molecule has 132 valence electrons. The van der Waals surface area contributed by atoms with Crippen molar-refractivity contribution in [2.45, 2.75) is 0 Å². The summed E-state index contributed by atoms with van der Waals surface area (Å²) < 4.78 is 5.50. The molecular weight excluding hydrogens is 320 g/mol. The zero-order chi connectivity index (χ0) is 18.1. The van der Waals surface area contributed by atoms with Crippen LogP contribution in [0.15, 0.2) is 54.6 Å². The van der Waals surface area contributed by atoms with Crippen LogP contribution in [0.5, 0.6) is 5.75 Å². The maximum absolute atomic E-state index is 11.9. The van der Waals surface area contributed by atoms with Gasteiger partial charge in [0.05, 0.1) is 6.54 Å². The summed E-state index contributed by atoms with van der Waals surface area (Å²) in [5.41, 5.74) is 1.18. The van der Waals surface area contributed by atoms with Crippen LogP contribution in [0, 0.1) is 0 Å². The fourth-order valence-corrected chi connectivity index (χ4v) is 1.94. The molecule has 0 atom stereocenters. The Labute approximate surface area is 147 Å². The zero-order valence-electron chi connectivity index (χ0n) is 14.3. The number of amides is 4. The molecule has 0 saturated heterocycles. The summed E-state index contributed by atoms with van der Waals surface area (Å²) >= 11 is 0. The number of nitrogens with one attached hydrogen (secondary N) is 3. The summed E-state index contributed by atoms with van der Waals surface area (Å²) in [6, 6.07) is 15.7. The summed E-state index contributed by atoms with van der Waals surface area (Å²) in [6.45, 7) is 0.744. The van der Waals surface area contributed by atoms with Crippen molar-refractivity contribution in [3.8, 4) is 5.75 Å². The average Bonchev–Trinajstić information content (AvgIpc) is 2.60. The van der Waals surface area contributed by atoms with Gasteiger partial charge in [-0.1, -0.05) is 24.3 Å². The molecule has 0 heterocycles. The van der Waals surface area contributed by atoms with Gasteiger partial charge in [-0.25, -0.2) is 9.59 Å². The Balaban J connectivity index is 1.75. The third-order valence-electron chi connectivity index (χ3n) is 3.18. The number of carbonyl (C=O) groups excluding carboxylic acids is 2. The highest BCUT2D eigenvalue weighted by Gasteiger charge is 2.06. The monoisotopic (exact) mass is 342 g/mol. The highest BCUT2D eigenvalue weighted by Crippen LogP contribution is 2.15. The first kappa shape index (κ1) is 18.1. The lowest BCUT2D eigenvalue weighted by Crippen LogP contribution is -2.32.